The highest BCUT2D eigenvalue weighted by atomic mass is 35.5. The van der Waals surface area contributed by atoms with Gasteiger partial charge in [0, 0.05) is 19.0 Å². The molecule has 10 heavy (non-hydrogen) atoms. The van der Waals surface area contributed by atoms with Gasteiger partial charge in [0.05, 0.1) is 6.61 Å². The zero-order chi connectivity index (χ0) is 7.40. The summed E-state index contributed by atoms with van der Waals surface area (Å²) in [6, 6.07) is 0. The molecule has 1 atom stereocenters. The Balaban J connectivity index is 2.25. The quantitative estimate of drug-likeness (QED) is 0.483. The van der Waals surface area contributed by atoms with Gasteiger partial charge in [0.25, 0.3) is 0 Å². The summed E-state index contributed by atoms with van der Waals surface area (Å²) in [4.78, 5) is 0. The maximum atomic E-state index is 12.7. The van der Waals surface area contributed by atoms with Crippen molar-refractivity contribution in [3.8, 4) is 0 Å². The second kappa shape index (κ2) is 4.45. The van der Waals surface area contributed by atoms with Gasteiger partial charge in [-0.25, -0.2) is 4.67 Å². The van der Waals surface area contributed by atoms with Crippen LogP contribution in [0.2, 0.25) is 0 Å². The normalized spacial score (nSPS) is 28.8. The maximum absolute atomic E-state index is 12.7. The predicted molar refractivity (Wildman–Crippen MR) is 40.9 cm³/mol. The van der Waals surface area contributed by atoms with Crippen LogP contribution in [-0.2, 0) is 4.52 Å². The largest absolute Gasteiger partial charge is 0.319 e. The van der Waals surface area contributed by atoms with E-state index < -0.39 is 8.61 Å². The van der Waals surface area contributed by atoms with Crippen LogP contribution in [0.5, 0.6) is 0 Å². The minimum Gasteiger partial charge on any atom is -0.319 e. The van der Waals surface area contributed by atoms with Crippen molar-refractivity contribution in [1.29, 1.82) is 0 Å². The van der Waals surface area contributed by atoms with Crippen molar-refractivity contribution in [1.82, 2.24) is 4.67 Å². The molecule has 0 aromatic rings. The Morgan fingerprint density at radius 1 is 1.70 bits per heavy atom. The van der Waals surface area contributed by atoms with Crippen LogP contribution in [-0.4, -0.2) is 30.2 Å². The highest BCUT2D eigenvalue weighted by Gasteiger charge is 2.22. The molecule has 1 fully saturated rings. The van der Waals surface area contributed by atoms with Crippen LogP contribution in [0.25, 0.3) is 0 Å². The average Bonchev–Trinajstić information content (AvgIpc) is 1.94. The smallest absolute Gasteiger partial charge is 0.303 e. The Kier molecular flexibility index (Phi) is 3.85. The molecule has 0 radical (unpaired) electrons. The maximum Gasteiger partial charge on any atom is 0.303 e. The number of rotatable bonds is 2. The monoisotopic (exact) mass is 185 g/mol. The number of halogens is 2. The molecule has 0 N–H and O–H groups in total. The van der Waals surface area contributed by atoms with E-state index in [-0.39, 0.29) is 0 Å². The Hall–Kier alpha value is 0.570. The molecule has 0 amide bonds. The van der Waals surface area contributed by atoms with Gasteiger partial charge in [-0.2, -0.15) is 4.20 Å². The van der Waals surface area contributed by atoms with Crippen LogP contribution in [0.1, 0.15) is 6.42 Å². The molecule has 1 saturated heterocycles. The molecule has 0 spiro atoms. The fourth-order valence-electron chi connectivity index (χ4n) is 0.835. The van der Waals surface area contributed by atoms with Crippen molar-refractivity contribution in [3.63, 3.8) is 0 Å². The summed E-state index contributed by atoms with van der Waals surface area (Å²) in [5, 5.41) is 0. The fourth-order valence-corrected chi connectivity index (χ4v) is 2.16. The summed E-state index contributed by atoms with van der Waals surface area (Å²) >= 11 is 5.45. The summed E-state index contributed by atoms with van der Waals surface area (Å²) in [6.07, 6.45) is 0.916. The van der Waals surface area contributed by atoms with Crippen molar-refractivity contribution >= 4 is 20.2 Å². The number of hydrogen-bond donors (Lipinski definition) is 0. The van der Waals surface area contributed by atoms with Crippen LogP contribution in [0, 0.1) is 0 Å². The third-order valence-corrected chi connectivity index (χ3v) is 2.73. The topological polar surface area (TPSA) is 12.5 Å². The van der Waals surface area contributed by atoms with Crippen LogP contribution in [0.15, 0.2) is 0 Å². The molecule has 2 nitrogen and oxygen atoms in total. The van der Waals surface area contributed by atoms with E-state index in [4.69, 9.17) is 16.1 Å². The Morgan fingerprint density at radius 3 is 3.10 bits per heavy atom. The van der Waals surface area contributed by atoms with Gasteiger partial charge in [-0.3, -0.25) is 0 Å². The lowest BCUT2D eigenvalue weighted by molar-refractivity contribution is 0.227. The van der Waals surface area contributed by atoms with Crippen molar-refractivity contribution in [2.24, 2.45) is 0 Å². The second-order valence-corrected chi connectivity index (χ2v) is 3.71. The first kappa shape index (κ1) is 8.66. The summed E-state index contributed by atoms with van der Waals surface area (Å²) in [7, 11) is -1.81. The lowest BCUT2D eigenvalue weighted by atomic mass is 10.4. The van der Waals surface area contributed by atoms with Crippen molar-refractivity contribution in [3.05, 3.63) is 0 Å². The van der Waals surface area contributed by atoms with Gasteiger partial charge in [0.2, 0.25) is 0 Å². The molecular weight excluding hydrogens is 175 g/mol. The van der Waals surface area contributed by atoms with Gasteiger partial charge in [0.15, 0.2) is 0 Å². The van der Waals surface area contributed by atoms with Gasteiger partial charge in [-0.05, 0) is 6.42 Å². The van der Waals surface area contributed by atoms with Crippen molar-refractivity contribution in [2.45, 2.75) is 6.42 Å². The van der Waals surface area contributed by atoms with E-state index in [9.17, 15) is 4.20 Å². The SMILES string of the molecule is FP1OCCCN1CCCl. The van der Waals surface area contributed by atoms with Crippen LogP contribution in [0.4, 0.5) is 4.20 Å². The lowest BCUT2D eigenvalue weighted by Crippen LogP contribution is -2.26. The third kappa shape index (κ3) is 2.31. The van der Waals surface area contributed by atoms with Crippen LogP contribution in [0.3, 0.4) is 0 Å². The fraction of sp³-hybridized carbons (Fsp3) is 1.00. The molecule has 1 unspecified atom stereocenters. The Morgan fingerprint density at radius 2 is 2.50 bits per heavy atom. The highest BCUT2D eigenvalue weighted by molar-refractivity contribution is 7.44. The van der Waals surface area contributed by atoms with E-state index in [1.165, 1.54) is 0 Å². The lowest BCUT2D eigenvalue weighted by Gasteiger charge is -2.27. The molecule has 1 heterocycles. The molecule has 1 rings (SSSR count). The van der Waals surface area contributed by atoms with E-state index in [1.54, 1.807) is 4.67 Å². The van der Waals surface area contributed by atoms with Gasteiger partial charge < -0.3 is 4.52 Å². The standard InChI is InChI=1S/C5H10ClFNOP/c6-2-4-8-3-1-5-9-10(8)7/h1-5H2. The van der Waals surface area contributed by atoms with E-state index in [1.807, 2.05) is 0 Å². The van der Waals surface area contributed by atoms with Gasteiger partial charge in [0.1, 0.15) is 0 Å². The summed E-state index contributed by atoms with van der Waals surface area (Å²) in [5.41, 5.74) is 0. The van der Waals surface area contributed by atoms with E-state index >= 15 is 0 Å². The first-order valence-corrected chi connectivity index (χ1v) is 4.88. The van der Waals surface area contributed by atoms with E-state index in [2.05, 4.69) is 0 Å². The molecule has 0 aliphatic carbocycles. The molecule has 5 heteroatoms. The molecule has 0 aromatic carbocycles. The molecule has 0 bridgehead atoms. The molecule has 60 valence electrons. The van der Waals surface area contributed by atoms with Gasteiger partial charge in [-0.15, -0.1) is 11.6 Å². The Bertz CT molecular complexity index is 106. The van der Waals surface area contributed by atoms with E-state index in [0.29, 0.717) is 19.0 Å². The van der Waals surface area contributed by atoms with Gasteiger partial charge in [-0.1, -0.05) is 0 Å². The molecule has 1 aliphatic heterocycles. The first-order chi connectivity index (χ1) is 4.84. The third-order valence-electron chi connectivity index (χ3n) is 1.32. The van der Waals surface area contributed by atoms with E-state index in [0.717, 1.165) is 13.0 Å². The minimum absolute atomic E-state index is 0.478. The average molecular weight is 186 g/mol. The molecule has 0 saturated carbocycles. The summed E-state index contributed by atoms with van der Waals surface area (Å²) in [5.74, 6) is 0.478. The van der Waals surface area contributed by atoms with Crippen molar-refractivity contribution in [2.75, 3.05) is 25.6 Å². The van der Waals surface area contributed by atoms with Crippen LogP contribution < -0.4 is 0 Å². The second-order valence-electron chi connectivity index (χ2n) is 2.06. The zero-order valence-electron chi connectivity index (χ0n) is 5.59. The number of alkyl halides is 1. The summed E-state index contributed by atoms with van der Waals surface area (Å²) in [6.45, 7) is 1.94. The predicted octanol–water partition coefficient (Wildman–Crippen LogP) is 2.14. The summed E-state index contributed by atoms with van der Waals surface area (Å²) < 4.78 is 19.2. The molecular formula is C5H10ClFNOP. The zero-order valence-corrected chi connectivity index (χ0v) is 7.24. The first-order valence-electron chi connectivity index (χ1n) is 3.24. The Labute approximate surface area is 66.3 Å². The number of hydrogen-bond acceptors (Lipinski definition) is 2. The van der Waals surface area contributed by atoms with Gasteiger partial charge >= 0.3 is 8.61 Å². The molecule has 1 aliphatic rings. The highest BCUT2D eigenvalue weighted by Crippen LogP contribution is 2.45. The van der Waals surface area contributed by atoms with Crippen LogP contribution >= 0.6 is 20.2 Å². The molecule has 0 aromatic heterocycles. The number of nitrogens with zero attached hydrogens (tertiary/aromatic N) is 1. The van der Waals surface area contributed by atoms with Crippen molar-refractivity contribution < 1.29 is 8.72 Å². The minimum atomic E-state index is -1.81.